The van der Waals surface area contributed by atoms with Gasteiger partial charge in [-0.1, -0.05) is 223 Å². The highest BCUT2D eigenvalue weighted by Crippen LogP contribution is 2.50. The molecule has 0 radical (unpaired) electrons. The normalized spacial score (nSPS) is 12.4. The van der Waals surface area contributed by atoms with E-state index >= 15 is 0 Å². The summed E-state index contributed by atoms with van der Waals surface area (Å²) in [6, 6.07) is 14.0. The molecule has 3 rings (SSSR count). The molecule has 0 amide bonds. The molecule has 0 N–H and O–H groups in total. The number of hydrogen-bond acceptors (Lipinski definition) is 2. The van der Waals surface area contributed by atoms with Gasteiger partial charge in [0, 0.05) is 19.6 Å². The number of unbranched alkanes of at least 4 members (excludes halogenated alkanes) is 26. The Morgan fingerprint density at radius 2 is 0.717 bits per heavy atom. The fourth-order valence-electron chi connectivity index (χ4n) is 7.20. The minimum Gasteiger partial charge on any atom is -0.0877 e. The zero-order valence-electron chi connectivity index (χ0n) is 30.5. The van der Waals surface area contributed by atoms with Gasteiger partial charge in [-0.05, 0) is 55.0 Å². The van der Waals surface area contributed by atoms with E-state index in [0.29, 0.717) is 0 Å². The van der Waals surface area contributed by atoms with E-state index < -0.39 is 0 Å². The van der Waals surface area contributed by atoms with E-state index in [1.807, 2.05) is 11.8 Å². The topological polar surface area (TPSA) is 0 Å². The maximum Gasteiger partial charge on any atom is 0.0297 e. The van der Waals surface area contributed by atoms with Crippen LogP contribution < -0.4 is 0 Å². The molecule has 0 saturated heterocycles. The third kappa shape index (κ3) is 17.0. The number of aryl methyl sites for hydroxylation is 1. The van der Waals surface area contributed by atoms with E-state index in [2.05, 4.69) is 62.0 Å². The minimum atomic E-state index is 1.27. The van der Waals surface area contributed by atoms with Crippen LogP contribution >= 0.6 is 23.5 Å². The van der Waals surface area contributed by atoms with E-state index in [4.69, 9.17) is 0 Å². The molecule has 0 aliphatic carbocycles. The maximum absolute atomic E-state index is 2.50. The summed E-state index contributed by atoms with van der Waals surface area (Å²) < 4.78 is 0. The fraction of sp³-hybridized carbons (Fsp3) is 0.727. The summed E-state index contributed by atoms with van der Waals surface area (Å²) in [4.78, 5) is 5.97. The number of rotatable bonds is 30. The van der Waals surface area contributed by atoms with Crippen molar-refractivity contribution in [2.24, 2.45) is 0 Å². The van der Waals surface area contributed by atoms with Crippen molar-refractivity contribution >= 4 is 23.5 Å². The maximum atomic E-state index is 2.50. The molecule has 1 heterocycles. The van der Waals surface area contributed by atoms with Gasteiger partial charge < -0.3 is 0 Å². The lowest BCUT2D eigenvalue weighted by atomic mass is 9.96. The molecular formula is C44H72S2. The first-order valence-corrected chi connectivity index (χ1v) is 22.1. The first-order chi connectivity index (χ1) is 22.8. The summed E-state index contributed by atoms with van der Waals surface area (Å²) in [6.07, 6.45) is 42.7. The van der Waals surface area contributed by atoms with Gasteiger partial charge in [0.25, 0.3) is 0 Å². The van der Waals surface area contributed by atoms with E-state index in [-0.39, 0.29) is 0 Å². The van der Waals surface area contributed by atoms with Gasteiger partial charge in [0.15, 0.2) is 0 Å². The summed E-state index contributed by atoms with van der Waals surface area (Å²) in [5.41, 5.74) is 3.35. The van der Waals surface area contributed by atoms with Crippen molar-refractivity contribution in [1.82, 2.24) is 0 Å². The van der Waals surface area contributed by atoms with Crippen molar-refractivity contribution in [3.63, 3.8) is 0 Å². The third-order valence-electron chi connectivity index (χ3n) is 10.2. The van der Waals surface area contributed by atoms with Gasteiger partial charge in [-0.25, -0.2) is 0 Å². The SMILES string of the molecule is CCCCCCCCCCCCCCCCc1ccc2c(c1CCCCCCCCCCCCCCCC)Sc1ccccc1S2. The highest BCUT2D eigenvalue weighted by Gasteiger charge is 2.21. The second kappa shape index (κ2) is 27.0. The summed E-state index contributed by atoms with van der Waals surface area (Å²) in [5, 5.41) is 0. The van der Waals surface area contributed by atoms with Crippen LogP contribution in [-0.2, 0) is 12.8 Å². The van der Waals surface area contributed by atoms with Crippen LogP contribution in [0.15, 0.2) is 56.0 Å². The second-order valence-corrected chi connectivity index (χ2v) is 16.5. The van der Waals surface area contributed by atoms with Gasteiger partial charge in [-0.15, -0.1) is 0 Å². The van der Waals surface area contributed by atoms with Crippen LogP contribution in [0.3, 0.4) is 0 Å². The number of hydrogen-bond donors (Lipinski definition) is 0. The highest BCUT2D eigenvalue weighted by atomic mass is 32.2. The smallest absolute Gasteiger partial charge is 0.0297 e. The molecule has 2 heteroatoms. The molecule has 0 nitrogen and oxygen atoms in total. The highest BCUT2D eigenvalue weighted by molar-refractivity contribution is 8.05. The lowest BCUT2D eigenvalue weighted by Crippen LogP contribution is -2.02. The van der Waals surface area contributed by atoms with Crippen molar-refractivity contribution in [1.29, 1.82) is 0 Å². The standard InChI is InChI=1S/C44H72S2/c1-3-5-7-9-11-13-15-17-19-21-23-25-27-29-33-39-37-38-43-44(46-42-36-32-31-35-41(42)45-43)40(39)34-30-28-26-24-22-20-18-16-14-12-10-8-6-4-2/h31-32,35-38H,3-30,33-34H2,1-2H3. The van der Waals surface area contributed by atoms with Crippen LogP contribution in [0.25, 0.3) is 0 Å². The van der Waals surface area contributed by atoms with Gasteiger partial charge in [-0.3, -0.25) is 0 Å². The predicted molar refractivity (Wildman–Crippen MR) is 209 cm³/mol. The summed E-state index contributed by atoms with van der Waals surface area (Å²) >= 11 is 4.05. The predicted octanol–water partition coefficient (Wildman–Crippen LogP) is 16.3. The van der Waals surface area contributed by atoms with Crippen LogP contribution in [0.4, 0.5) is 0 Å². The molecule has 0 fully saturated rings. The van der Waals surface area contributed by atoms with Crippen molar-refractivity contribution in [2.45, 2.75) is 226 Å². The summed E-state index contributed by atoms with van der Waals surface area (Å²) in [7, 11) is 0. The van der Waals surface area contributed by atoms with Gasteiger partial charge in [0.1, 0.15) is 0 Å². The first-order valence-electron chi connectivity index (χ1n) is 20.4. The van der Waals surface area contributed by atoms with Crippen LogP contribution in [0.2, 0.25) is 0 Å². The van der Waals surface area contributed by atoms with Gasteiger partial charge >= 0.3 is 0 Å². The van der Waals surface area contributed by atoms with Crippen LogP contribution in [-0.4, -0.2) is 0 Å². The molecule has 1 aliphatic heterocycles. The second-order valence-electron chi connectivity index (χ2n) is 14.4. The molecule has 46 heavy (non-hydrogen) atoms. The Bertz CT molecular complexity index is 1010. The number of benzene rings is 2. The van der Waals surface area contributed by atoms with E-state index in [9.17, 15) is 0 Å². The van der Waals surface area contributed by atoms with Gasteiger partial charge in [0.2, 0.25) is 0 Å². The summed E-state index contributed by atoms with van der Waals surface area (Å²) in [6.45, 7) is 4.62. The minimum absolute atomic E-state index is 1.27. The number of fused-ring (bicyclic) bond motifs is 2. The van der Waals surface area contributed by atoms with Crippen molar-refractivity contribution in [3.8, 4) is 0 Å². The molecule has 0 unspecified atom stereocenters. The quantitative estimate of drug-likeness (QED) is 0.0650. The van der Waals surface area contributed by atoms with E-state index in [1.165, 1.54) is 207 Å². The van der Waals surface area contributed by atoms with Crippen LogP contribution in [0.5, 0.6) is 0 Å². The molecule has 2 aromatic rings. The van der Waals surface area contributed by atoms with Crippen molar-refractivity contribution < 1.29 is 0 Å². The third-order valence-corrected chi connectivity index (χ3v) is 12.8. The molecule has 0 atom stereocenters. The molecule has 0 saturated carbocycles. The Kier molecular flexibility index (Phi) is 23.2. The zero-order chi connectivity index (χ0) is 32.3. The molecule has 2 aromatic carbocycles. The molecule has 0 spiro atoms. The van der Waals surface area contributed by atoms with Crippen LogP contribution in [0.1, 0.15) is 205 Å². The van der Waals surface area contributed by atoms with Crippen LogP contribution in [0, 0.1) is 0 Å². The largest absolute Gasteiger partial charge is 0.0877 e. The summed E-state index contributed by atoms with van der Waals surface area (Å²) in [5.74, 6) is 0. The lowest BCUT2D eigenvalue weighted by molar-refractivity contribution is 0.533. The Hall–Kier alpha value is -0.860. The molecular weight excluding hydrogens is 593 g/mol. The van der Waals surface area contributed by atoms with Crippen molar-refractivity contribution in [3.05, 3.63) is 47.5 Å². The average molecular weight is 665 g/mol. The van der Waals surface area contributed by atoms with Gasteiger partial charge in [0.05, 0.1) is 0 Å². The Balaban J connectivity index is 1.32. The Morgan fingerprint density at radius 3 is 1.15 bits per heavy atom. The van der Waals surface area contributed by atoms with Crippen molar-refractivity contribution in [2.75, 3.05) is 0 Å². The first kappa shape index (κ1) is 39.6. The van der Waals surface area contributed by atoms with E-state index in [0.717, 1.165) is 0 Å². The molecule has 1 aliphatic rings. The Morgan fingerprint density at radius 1 is 0.348 bits per heavy atom. The lowest BCUT2D eigenvalue weighted by Gasteiger charge is -2.23. The molecule has 0 aromatic heterocycles. The average Bonchev–Trinajstić information content (AvgIpc) is 3.08. The molecule has 260 valence electrons. The fourth-order valence-corrected chi connectivity index (χ4v) is 9.67. The zero-order valence-corrected chi connectivity index (χ0v) is 32.1. The van der Waals surface area contributed by atoms with E-state index in [1.54, 1.807) is 16.0 Å². The monoisotopic (exact) mass is 665 g/mol. The Labute approximate surface area is 295 Å². The molecule has 0 bridgehead atoms. The van der Waals surface area contributed by atoms with Gasteiger partial charge in [-0.2, -0.15) is 0 Å².